The molecule has 4 amide bonds. The molecule has 0 radical (unpaired) electrons. The molecule has 0 spiro atoms. The van der Waals surface area contributed by atoms with E-state index in [1.807, 2.05) is 31.2 Å². The van der Waals surface area contributed by atoms with Crippen molar-refractivity contribution in [3.63, 3.8) is 0 Å². The molecule has 1 saturated heterocycles. The van der Waals surface area contributed by atoms with Crippen LogP contribution in [0.1, 0.15) is 33.4 Å². The molecule has 166 valence electrons. The number of barbiturate groups is 1. The Morgan fingerprint density at radius 1 is 0.879 bits per heavy atom. The average Bonchev–Trinajstić information content (AvgIpc) is 2.72. The summed E-state index contributed by atoms with van der Waals surface area (Å²) in [4.78, 5) is 39.4. The molecule has 5 nitrogen and oxygen atoms in total. The molecule has 1 N–H and O–H groups in total. The van der Waals surface area contributed by atoms with Crippen LogP contribution in [0.4, 0.5) is 10.5 Å². The maximum absolute atomic E-state index is 13.3. The quantitative estimate of drug-likeness (QED) is 0.371. The van der Waals surface area contributed by atoms with Crippen molar-refractivity contribution in [3.8, 4) is 0 Å². The van der Waals surface area contributed by atoms with Crippen LogP contribution in [0.15, 0.2) is 70.7 Å². The van der Waals surface area contributed by atoms with Crippen molar-refractivity contribution in [2.45, 2.75) is 27.2 Å². The van der Waals surface area contributed by atoms with Crippen LogP contribution in [-0.2, 0) is 16.0 Å². The molecule has 1 heterocycles. The van der Waals surface area contributed by atoms with Gasteiger partial charge in [0.05, 0.1) is 5.69 Å². The molecular weight excluding hydrogens is 480 g/mol. The Morgan fingerprint density at radius 2 is 1.61 bits per heavy atom. The first kappa shape index (κ1) is 22.7. The predicted molar refractivity (Wildman–Crippen MR) is 133 cm³/mol. The minimum Gasteiger partial charge on any atom is -0.273 e. The Labute approximate surface area is 201 Å². The fraction of sp³-hybridized carbons (Fsp3) is 0.148. The van der Waals surface area contributed by atoms with Crippen molar-refractivity contribution < 1.29 is 14.4 Å². The molecule has 0 aromatic heterocycles. The molecule has 0 unspecified atom stereocenters. The Hall–Kier alpha value is -3.51. The second kappa shape index (κ2) is 9.16. The molecule has 0 bridgehead atoms. The van der Waals surface area contributed by atoms with E-state index in [9.17, 15) is 14.4 Å². The summed E-state index contributed by atoms with van der Waals surface area (Å²) in [7, 11) is 0. The number of anilines is 1. The Kier molecular flexibility index (Phi) is 6.29. The molecule has 0 atom stereocenters. The third-order valence-electron chi connectivity index (χ3n) is 5.45. The zero-order valence-corrected chi connectivity index (χ0v) is 20.2. The van der Waals surface area contributed by atoms with E-state index in [0.29, 0.717) is 12.1 Å². The van der Waals surface area contributed by atoms with Gasteiger partial charge in [0.1, 0.15) is 5.57 Å². The number of rotatable bonds is 4. The van der Waals surface area contributed by atoms with Crippen LogP contribution in [0.5, 0.6) is 0 Å². The zero-order valence-electron chi connectivity index (χ0n) is 18.6. The summed E-state index contributed by atoms with van der Waals surface area (Å²) in [6, 6.07) is 18.4. The summed E-state index contributed by atoms with van der Waals surface area (Å²) in [6.07, 6.45) is 2.21. The minimum atomic E-state index is -0.752. The lowest BCUT2D eigenvalue weighted by atomic mass is 9.95. The fourth-order valence-corrected chi connectivity index (χ4v) is 4.45. The van der Waals surface area contributed by atoms with Crippen molar-refractivity contribution in [3.05, 3.63) is 104 Å². The first-order chi connectivity index (χ1) is 15.7. The minimum absolute atomic E-state index is 0.0871. The molecule has 3 aromatic carbocycles. The molecular formula is C27H23BrN2O3. The molecule has 33 heavy (non-hydrogen) atoms. The van der Waals surface area contributed by atoms with Crippen LogP contribution >= 0.6 is 15.9 Å². The molecule has 1 aliphatic rings. The Bertz CT molecular complexity index is 1310. The summed E-state index contributed by atoms with van der Waals surface area (Å²) < 4.78 is 0.828. The van der Waals surface area contributed by atoms with Gasteiger partial charge in [-0.3, -0.25) is 14.9 Å². The maximum Gasteiger partial charge on any atom is 0.335 e. The van der Waals surface area contributed by atoms with E-state index in [-0.39, 0.29) is 5.57 Å². The number of nitrogens with zero attached hydrogens (tertiary/aromatic N) is 1. The second-order valence-electron chi connectivity index (χ2n) is 8.31. The van der Waals surface area contributed by atoms with E-state index >= 15 is 0 Å². The number of carbonyl (C=O) groups excluding carboxylic acids is 3. The number of imide groups is 2. The second-order valence-corrected chi connectivity index (χ2v) is 9.23. The molecule has 0 aliphatic carbocycles. The van der Waals surface area contributed by atoms with E-state index < -0.39 is 17.8 Å². The van der Waals surface area contributed by atoms with Gasteiger partial charge in [-0.2, -0.15) is 0 Å². The van der Waals surface area contributed by atoms with E-state index in [2.05, 4.69) is 53.3 Å². The van der Waals surface area contributed by atoms with Crippen molar-refractivity contribution in [2.75, 3.05) is 4.90 Å². The van der Waals surface area contributed by atoms with Crippen LogP contribution in [0, 0.1) is 20.8 Å². The van der Waals surface area contributed by atoms with Gasteiger partial charge in [-0.25, -0.2) is 9.69 Å². The van der Waals surface area contributed by atoms with Crippen LogP contribution in [0.3, 0.4) is 0 Å². The van der Waals surface area contributed by atoms with Gasteiger partial charge in [0.15, 0.2) is 0 Å². The van der Waals surface area contributed by atoms with E-state index in [1.165, 1.54) is 11.1 Å². The first-order valence-electron chi connectivity index (χ1n) is 10.5. The van der Waals surface area contributed by atoms with Crippen LogP contribution in [-0.4, -0.2) is 17.8 Å². The number of hydrogen-bond acceptors (Lipinski definition) is 3. The highest BCUT2D eigenvalue weighted by Gasteiger charge is 2.37. The topological polar surface area (TPSA) is 66.5 Å². The Balaban J connectivity index is 1.75. The lowest BCUT2D eigenvalue weighted by molar-refractivity contribution is -0.122. The third-order valence-corrected chi connectivity index (χ3v) is 5.94. The summed E-state index contributed by atoms with van der Waals surface area (Å²) in [5.41, 5.74) is 6.43. The lowest BCUT2D eigenvalue weighted by Gasteiger charge is -2.26. The number of urea groups is 1. The van der Waals surface area contributed by atoms with Gasteiger partial charge in [0.2, 0.25) is 0 Å². The van der Waals surface area contributed by atoms with Gasteiger partial charge in [0.25, 0.3) is 11.8 Å². The van der Waals surface area contributed by atoms with E-state index in [4.69, 9.17) is 0 Å². The van der Waals surface area contributed by atoms with Gasteiger partial charge < -0.3 is 0 Å². The fourth-order valence-electron chi connectivity index (χ4n) is 4.07. The molecule has 1 fully saturated rings. The largest absolute Gasteiger partial charge is 0.335 e. The standard InChI is InChI=1S/C27H23BrN2O3/c1-16-5-4-6-23(12-16)30-26(32)24(25(31)29-27(30)33)15-21-14-22(28)8-7-20(21)13-19-10-17(2)9-18(3)11-19/h4-12,14-15H,13H2,1-3H3,(H,29,31,33)/b24-15+. The van der Waals surface area contributed by atoms with Gasteiger partial charge in [-0.05, 0) is 79.8 Å². The monoisotopic (exact) mass is 502 g/mol. The number of hydrogen-bond donors (Lipinski definition) is 1. The summed E-state index contributed by atoms with van der Waals surface area (Å²) in [6.45, 7) is 5.99. The van der Waals surface area contributed by atoms with Crippen LogP contribution in [0.25, 0.3) is 6.08 Å². The zero-order chi connectivity index (χ0) is 23.7. The summed E-state index contributed by atoms with van der Waals surface area (Å²) in [5, 5.41) is 2.29. The molecule has 0 saturated carbocycles. The molecule has 3 aromatic rings. The highest BCUT2D eigenvalue weighted by molar-refractivity contribution is 9.10. The molecule has 1 aliphatic heterocycles. The number of benzene rings is 3. The van der Waals surface area contributed by atoms with Gasteiger partial charge in [0, 0.05) is 4.47 Å². The van der Waals surface area contributed by atoms with Gasteiger partial charge >= 0.3 is 6.03 Å². The summed E-state index contributed by atoms with van der Waals surface area (Å²) >= 11 is 3.49. The Morgan fingerprint density at radius 3 is 2.30 bits per heavy atom. The van der Waals surface area contributed by atoms with Crippen LogP contribution < -0.4 is 10.2 Å². The average molecular weight is 503 g/mol. The predicted octanol–water partition coefficient (Wildman–Crippen LogP) is 5.63. The van der Waals surface area contributed by atoms with Crippen molar-refractivity contribution >= 4 is 45.5 Å². The number of halogens is 1. The highest BCUT2D eigenvalue weighted by Crippen LogP contribution is 2.26. The number of aryl methyl sites for hydroxylation is 3. The highest BCUT2D eigenvalue weighted by atomic mass is 79.9. The van der Waals surface area contributed by atoms with Crippen LogP contribution in [0.2, 0.25) is 0 Å². The normalized spacial score (nSPS) is 15.2. The smallest absolute Gasteiger partial charge is 0.273 e. The van der Waals surface area contributed by atoms with Crippen molar-refractivity contribution in [1.82, 2.24) is 5.32 Å². The number of amides is 4. The third kappa shape index (κ3) is 4.96. The van der Waals surface area contributed by atoms with Crippen molar-refractivity contribution in [1.29, 1.82) is 0 Å². The summed E-state index contributed by atoms with van der Waals surface area (Å²) in [5.74, 6) is -1.35. The number of nitrogens with one attached hydrogen (secondary N) is 1. The van der Waals surface area contributed by atoms with Gasteiger partial charge in [-0.15, -0.1) is 0 Å². The number of carbonyl (C=O) groups is 3. The van der Waals surface area contributed by atoms with Gasteiger partial charge in [-0.1, -0.05) is 63.5 Å². The first-order valence-corrected chi connectivity index (χ1v) is 11.3. The SMILES string of the molecule is Cc1cc(C)cc(Cc2ccc(Br)cc2/C=C2\C(=O)NC(=O)N(c3cccc(C)c3)C2=O)c1. The van der Waals surface area contributed by atoms with E-state index in [0.717, 1.165) is 31.6 Å². The maximum atomic E-state index is 13.3. The van der Waals surface area contributed by atoms with E-state index in [1.54, 1.807) is 24.3 Å². The molecule has 4 rings (SSSR count). The van der Waals surface area contributed by atoms with Crippen molar-refractivity contribution in [2.24, 2.45) is 0 Å². The lowest BCUT2D eigenvalue weighted by Crippen LogP contribution is -2.54. The molecule has 6 heteroatoms.